The van der Waals surface area contributed by atoms with E-state index < -0.39 is 0 Å². The Bertz CT molecular complexity index is 2460. The first-order valence-corrected chi connectivity index (χ1v) is 19.9. The number of benzene rings is 6. The van der Waals surface area contributed by atoms with Crippen LogP contribution in [0.25, 0.3) is 43.8 Å². The van der Waals surface area contributed by atoms with Gasteiger partial charge in [-0.3, -0.25) is 0 Å². The molecule has 0 unspecified atom stereocenters. The maximum absolute atomic E-state index is 2.51. The molecule has 2 aliphatic rings. The van der Waals surface area contributed by atoms with Gasteiger partial charge in [0.05, 0.1) is 0 Å². The van der Waals surface area contributed by atoms with Gasteiger partial charge < -0.3 is 4.90 Å². The van der Waals surface area contributed by atoms with Crippen molar-refractivity contribution in [2.24, 2.45) is 0 Å². The van der Waals surface area contributed by atoms with Crippen molar-refractivity contribution in [3.8, 4) is 43.8 Å². The van der Waals surface area contributed by atoms with E-state index in [1.807, 2.05) is 11.3 Å². The van der Waals surface area contributed by atoms with Crippen LogP contribution in [0, 0.1) is 0 Å². The molecule has 0 spiro atoms. The lowest BCUT2D eigenvalue weighted by atomic mass is 9.61. The minimum absolute atomic E-state index is 0.0588. The Kier molecular flexibility index (Phi) is 7.91. The van der Waals surface area contributed by atoms with Crippen molar-refractivity contribution in [2.45, 2.75) is 70.6 Å². The molecule has 0 radical (unpaired) electrons. The second kappa shape index (κ2) is 12.5. The van der Waals surface area contributed by atoms with Gasteiger partial charge >= 0.3 is 0 Å². The molecule has 6 aromatic carbocycles. The summed E-state index contributed by atoms with van der Waals surface area (Å²) < 4.78 is 0. The van der Waals surface area contributed by atoms with Gasteiger partial charge in [-0.15, -0.1) is 11.3 Å². The van der Waals surface area contributed by atoms with Crippen molar-refractivity contribution in [3.63, 3.8) is 0 Å². The Hall–Kier alpha value is -5.18. The van der Waals surface area contributed by atoms with E-state index in [4.69, 9.17) is 0 Å². The van der Waals surface area contributed by atoms with Gasteiger partial charge in [0.2, 0.25) is 0 Å². The highest BCUT2D eigenvalue weighted by atomic mass is 32.1. The Morgan fingerprint density at radius 2 is 1.06 bits per heavy atom. The zero-order chi connectivity index (χ0) is 36.5. The second-order valence-electron chi connectivity index (χ2n) is 16.8. The minimum Gasteiger partial charge on any atom is -0.302 e. The topological polar surface area (TPSA) is 3.24 Å². The van der Waals surface area contributed by atoms with Crippen LogP contribution in [-0.4, -0.2) is 0 Å². The molecular formula is C51H47NS. The molecule has 262 valence electrons. The zero-order valence-electron chi connectivity index (χ0n) is 31.7. The van der Waals surface area contributed by atoms with Gasteiger partial charge in [0, 0.05) is 21.7 Å². The monoisotopic (exact) mass is 705 g/mol. The van der Waals surface area contributed by atoms with E-state index >= 15 is 0 Å². The van der Waals surface area contributed by atoms with Gasteiger partial charge in [0.25, 0.3) is 0 Å². The normalized spacial score (nSPS) is 16.0. The summed E-state index contributed by atoms with van der Waals surface area (Å²) in [6, 6.07) is 56.4. The fourth-order valence-corrected chi connectivity index (χ4v) is 10.2. The van der Waals surface area contributed by atoms with Crippen molar-refractivity contribution in [1.82, 2.24) is 0 Å². The number of fused-ring (bicyclic) bond motifs is 4. The highest BCUT2D eigenvalue weighted by molar-refractivity contribution is 7.19. The third kappa shape index (κ3) is 5.58. The van der Waals surface area contributed by atoms with Gasteiger partial charge in [-0.25, -0.2) is 0 Å². The highest BCUT2D eigenvalue weighted by Gasteiger charge is 2.42. The molecule has 7 aromatic rings. The molecule has 0 saturated heterocycles. The van der Waals surface area contributed by atoms with Crippen molar-refractivity contribution in [1.29, 1.82) is 0 Å². The molecule has 0 N–H and O–H groups in total. The smallest absolute Gasteiger partial charge is 0.101 e. The van der Waals surface area contributed by atoms with Gasteiger partial charge in [-0.1, -0.05) is 157 Å². The van der Waals surface area contributed by atoms with Crippen molar-refractivity contribution in [3.05, 3.63) is 174 Å². The highest BCUT2D eigenvalue weighted by Crippen LogP contribution is 2.57. The van der Waals surface area contributed by atoms with Crippen molar-refractivity contribution in [2.75, 3.05) is 4.90 Å². The molecule has 0 bridgehead atoms. The summed E-state index contributed by atoms with van der Waals surface area (Å²) in [6.45, 7) is 14.6. The molecule has 0 aliphatic heterocycles. The summed E-state index contributed by atoms with van der Waals surface area (Å²) >= 11 is 1.85. The molecule has 2 heteroatoms. The van der Waals surface area contributed by atoms with Crippen LogP contribution in [0.1, 0.15) is 76.6 Å². The van der Waals surface area contributed by atoms with Crippen LogP contribution in [0.5, 0.6) is 0 Å². The number of hydrogen-bond acceptors (Lipinski definition) is 2. The number of thiophene rings is 1. The third-order valence-electron chi connectivity index (χ3n) is 12.2. The molecule has 0 fully saturated rings. The second-order valence-corrected chi connectivity index (χ2v) is 17.9. The first-order chi connectivity index (χ1) is 25.5. The van der Waals surface area contributed by atoms with Crippen LogP contribution in [-0.2, 0) is 16.2 Å². The molecule has 2 aliphatic carbocycles. The lowest BCUT2D eigenvalue weighted by Gasteiger charge is -2.43. The SMILES string of the molecule is CC1(C)CCC(C)(C)c2c(-c3cc(N(c4ccc(-c5ccccc5)cc4)c4ccc(-c5ccccc5)s4)cc4c3-c3ccccc3C4(C)C)cccc21. The summed E-state index contributed by atoms with van der Waals surface area (Å²) in [5.74, 6) is 0. The van der Waals surface area contributed by atoms with Crippen LogP contribution in [0.15, 0.2) is 152 Å². The summed E-state index contributed by atoms with van der Waals surface area (Å²) in [6.07, 6.45) is 2.37. The summed E-state index contributed by atoms with van der Waals surface area (Å²) in [4.78, 5) is 3.76. The summed E-state index contributed by atoms with van der Waals surface area (Å²) in [5, 5.41) is 1.20. The Morgan fingerprint density at radius 1 is 0.453 bits per heavy atom. The standard InChI is InChI=1S/C51H47NS/c1-49(2)30-31-50(3,4)48-39(21-15-23-43(48)49)41-32-38(33-44-47(41)40-20-13-14-22-42(40)51(44,5)6)52(46-29-28-45(53-46)36-18-11-8-12-19-36)37-26-24-35(25-27-37)34-16-9-7-10-17-34/h7-29,32-33H,30-31H2,1-6H3. The third-order valence-corrected chi connectivity index (χ3v) is 13.3. The molecule has 1 heterocycles. The van der Waals surface area contributed by atoms with E-state index in [0.717, 1.165) is 5.69 Å². The molecule has 9 rings (SSSR count). The van der Waals surface area contributed by atoms with Crippen molar-refractivity contribution >= 4 is 27.7 Å². The Labute approximate surface area is 319 Å². The number of rotatable bonds is 6. The number of anilines is 3. The zero-order valence-corrected chi connectivity index (χ0v) is 32.5. The Balaban J connectivity index is 1.32. The lowest BCUT2D eigenvalue weighted by molar-refractivity contribution is 0.333. The van der Waals surface area contributed by atoms with E-state index in [9.17, 15) is 0 Å². The first-order valence-electron chi connectivity index (χ1n) is 19.1. The van der Waals surface area contributed by atoms with E-state index in [0.29, 0.717) is 0 Å². The molecule has 1 aromatic heterocycles. The van der Waals surface area contributed by atoms with Crippen LogP contribution >= 0.6 is 11.3 Å². The van der Waals surface area contributed by atoms with Crippen molar-refractivity contribution < 1.29 is 0 Å². The molecule has 1 nitrogen and oxygen atoms in total. The predicted molar refractivity (Wildman–Crippen MR) is 228 cm³/mol. The quantitative estimate of drug-likeness (QED) is 0.166. The average molecular weight is 706 g/mol. The van der Waals surface area contributed by atoms with Crippen LogP contribution in [0.3, 0.4) is 0 Å². The summed E-state index contributed by atoms with van der Waals surface area (Å²) in [5.41, 5.74) is 17.3. The summed E-state index contributed by atoms with van der Waals surface area (Å²) in [7, 11) is 0. The minimum atomic E-state index is -0.159. The number of hydrogen-bond donors (Lipinski definition) is 0. The lowest BCUT2D eigenvalue weighted by Crippen LogP contribution is -2.34. The molecule has 0 saturated carbocycles. The molecule has 0 atom stereocenters. The number of nitrogens with zero attached hydrogens (tertiary/aromatic N) is 1. The van der Waals surface area contributed by atoms with E-state index in [2.05, 4.69) is 198 Å². The molecular weight excluding hydrogens is 659 g/mol. The van der Waals surface area contributed by atoms with Gasteiger partial charge in [0.15, 0.2) is 0 Å². The van der Waals surface area contributed by atoms with Crippen LogP contribution < -0.4 is 4.90 Å². The predicted octanol–water partition coefficient (Wildman–Crippen LogP) is 14.9. The van der Waals surface area contributed by atoms with Crippen LogP contribution in [0.2, 0.25) is 0 Å². The van der Waals surface area contributed by atoms with Crippen LogP contribution in [0.4, 0.5) is 16.4 Å². The maximum atomic E-state index is 2.51. The van der Waals surface area contributed by atoms with E-state index in [1.165, 1.54) is 89.6 Å². The fraction of sp³-hybridized carbons (Fsp3) is 0.216. The van der Waals surface area contributed by atoms with E-state index in [-0.39, 0.29) is 16.2 Å². The van der Waals surface area contributed by atoms with E-state index in [1.54, 1.807) is 0 Å². The molecule has 0 amide bonds. The van der Waals surface area contributed by atoms with Gasteiger partial charge in [0.1, 0.15) is 5.00 Å². The maximum Gasteiger partial charge on any atom is 0.101 e. The van der Waals surface area contributed by atoms with Gasteiger partial charge in [-0.2, -0.15) is 0 Å². The largest absolute Gasteiger partial charge is 0.302 e. The molecule has 53 heavy (non-hydrogen) atoms. The average Bonchev–Trinajstić information content (AvgIpc) is 3.75. The first kappa shape index (κ1) is 33.6. The van der Waals surface area contributed by atoms with Gasteiger partial charge in [-0.05, 0) is 121 Å². The fourth-order valence-electron chi connectivity index (χ4n) is 9.14. The Morgan fingerprint density at radius 3 is 1.79 bits per heavy atom.